The molecule has 0 fully saturated rings. The number of halogens is 1. The molecule has 0 aromatic heterocycles. The molecule has 0 saturated carbocycles. The second-order valence-electron chi connectivity index (χ2n) is 2.66. The summed E-state index contributed by atoms with van der Waals surface area (Å²) in [6, 6.07) is 0. The standard InChI is InChI=1S/C7H10IN2O2/c1-3(2)8-10-5-4(9)6(11)7(5)12/h3,10H,9H2,1-2H3/q-1. The molecule has 0 radical (unpaired) electrons. The van der Waals surface area contributed by atoms with Crippen LogP contribution < -0.4 is 41.6 Å². The van der Waals surface area contributed by atoms with Crippen molar-refractivity contribution >= 4 is 11.4 Å². The van der Waals surface area contributed by atoms with Crippen LogP contribution in [0.5, 0.6) is 0 Å². The van der Waals surface area contributed by atoms with E-state index in [9.17, 15) is 9.59 Å². The van der Waals surface area contributed by atoms with E-state index in [4.69, 9.17) is 5.73 Å². The first kappa shape index (κ1) is 9.50. The van der Waals surface area contributed by atoms with E-state index >= 15 is 0 Å². The molecule has 0 heterocycles. The summed E-state index contributed by atoms with van der Waals surface area (Å²) in [4.78, 5) is 21.5. The molecule has 0 bridgehead atoms. The number of nitrogen functional groups attached to an aromatic ring is 1. The van der Waals surface area contributed by atoms with Crippen LogP contribution in [0.1, 0.15) is 13.8 Å². The Kier molecular flexibility index (Phi) is 2.71. The number of hydrogen-bond acceptors (Lipinski definition) is 4. The van der Waals surface area contributed by atoms with Gasteiger partial charge in [0.25, 0.3) is 0 Å². The van der Waals surface area contributed by atoms with Crippen LogP contribution in [0, 0.1) is 0 Å². The van der Waals surface area contributed by atoms with Crippen molar-refractivity contribution in [3.8, 4) is 0 Å². The molecule has 0 saturated heterocycles. The van der Waals surface area contributed by atoms with Crippen LogP contribution in [-0.4, -0.2) is 3.92 Å². The number of nitrogens with one attached hydrogen (secondary N) is 1. The van der Waals surface area contributed by atoms with Crippen molar-refractivity contribution in [2.45, 2.75) is 17.8 Å². The fraction of sp³-hybridized carbons (Fsp3) is 0.429. The summed E-state index contributed by atoms with van der Waals surface area (Å²) < 4.78 is 3.48. The fourth-order valence-corrected chi connectivity index (χ4v) is 2.14. The number of alkyl halides is 1. The molecule has 12 heavy (non-hydrogen) atoms. The summed E-state index contributed by atoms with van der Waals surface area (Å²) >= 11 is -0.265. The number of rotatable bonds is 3. The molecule has 3 N–H and O–H groups in total. The third kappa shape index (κ3) is 1.60. The van der Waals surface area contributed by atoms with Crippen molar-refractivity contribution in [1.29, 1.82) is 0 Å². The van der Waals surface area contributed by atoms with Crippen molar-refractivity contribution < 1.29 is 21.5 Å². The molecular weight excluding hydrogens is 271 g/mol. The molecule has 0 aliphatic rings. The van der Waals surface area contributed by atoms with Gasteiger partial charge >= 0.3 is 80.3 Å². The maximum absolute atomic E-state index is 10.9. The molecule has 4 nitrogen and oxygen atoms in total. The maximum atomic E-state index is 10.9. The molecular formula is C7H10IN2O2-. The van der Waals surface area contributed by atoms with E-state index in [1.807, 2.05) is 0 Å². The van der Waals surface area contributed by atoms with Crippen molar-refractivity contribution in [3.05, 3.63) is 20.4 Å². The van der Waals surface area contributed by atoms with Crippen LogP contribution >= 0.6 is 0 Å². The van der Waals surface area contributed by atoms with Gasteiger partial charge < -0.3 is 0 Å². The Morgan fingerprint density at radius 2 is 1.92 bits per heavy atom. The quantitative estimate of drug-likeness (QED) is 0.263. The van der Waals surface area contributed by atoms with Gasteiger partial charge in [-0.2, -0.15) is 0 Å². The number of nitrogens with two attached hydrogens (primary N) is 1. The average molecular weight is 281 g/mol. The Balaban J connectivity index is 2.67. The molecule has 5 heteroatoms. The Labute approximate surface area is 80.5 Å². The average Bonchev–Trinajstić information content (AvgIpc) is 2.03. The van der Waals surface area contributed by atoms with E-state index in [-0.39, 0.29) is 27.2 Å². The van der Waals surface area contributed by atoms with Gasteiger partial charge in [-0.3, -0.25) is 0 Å². The van der Waals surface area contributed by atoms with Gasteiger partial charge in [-0.1, -0.05) is 0 Å². The second-order valence-corrected chi connectivity index (χ2v) is 6.32. The summed E-state index contributed by atoms with van der Waals surface area (Å²) in [6.45, 7) is 4.12. The monoisotopic (exact) mass is 281 g/mol. The Morgan fingerprint density at radius 1 is 1.33 bits per heavy atom. The Bertz CT molecular complexity index is 352. The molecule has 1 rings (SSSR count). The second kappa shape index (κ2) is 3.42. The van der Waals surface area contributed by atoms with E-state index in [0.29, 0.717) is 9.61 Å². The topological polar surface area (TPSA) is 72.2 Å². The van der Waals surface area contributed by atoms with E-state index < -0.39 is 10.9 Å². The first-order chi connectivity index (χ1) is 5.54. The van der Waals surface area contributed by atoms with Gasteiger partial charge in [0.1, 0.15) is 0 Å². The van der Waals surface area contributed by atoms with E-state index in [0.717, 1.165) is 0 Å². The zero-order valence-electron chi connectivity index (χ0n) is 6.85. The van der Waals surface area contributed by atoms with Crippen LogP contribution in [0.3, 0.4) is 0 Å². The summed E-state index contributed by atoms with van der Waals surface area (Å²) in [5, 5.41) is 0. The van der Waals surface area contributed by atoms with Crippen molar-refractivity contribution in [2.24, 2.45) is 0 Å². The van der Waals surface area contributed by atoms with Gasteiger partial charge in [0, 0.05) is 0 Å². The predicted octanol–water partition coefficient (Wildman–Crippen LogP) is -3.31. The van der Waals surface area contributed by atoms with E-state index in [1.54, 1.807) is 0 Å². The minimum absolute atomic E-state index is 0.0975. The van der Waals surface area contributed by atoms with Crippen LogP contribution in [0.4, 0.5) is 11.4 Å². The summed E-state index contributed by atoms with van der Waals surface area (Å²) in [6.07, 6.45) is 0. The summed E-state index contributed by atoms with van der Waals surface area (Å²) in [5.41, 5.74) is 4.72. The minimum atomic E-state index is -0.551. The zero-order chi connectivity index (χ0) is 9.30. The van der Waals surface area contributed by atoms with Gasteiger partial charge in [0.15, 0.2) is 0 Å². The fourth-order valence-electron chi connectivity index (χ4n) is 0.667. The van der Waals surface area contributed by atoms with Gasteiger partial charge in [-0.05, 0) is 0 Å². The molecule has 0 amide bonds. The van der Waals surface area contributed by atoms with Crippen LogP contribution in [0.2, 0.25) is 0 Å². The van der Waals surface area contributed by atoms with Crippen LogP contribution in [0.15, 0.2) is 9.59 Å². The first-order valence-electron chi connectivity index (χ1n) is 3.51. The summed E-state index contributed by atoms with van der Waals surface area (Å²) in [7, 11) is 0. The molecule has 68 valence electrons. The van der Waals surface area contributed by atoms with Crippen molar-refractivity contribution in [3.63, 3.8) is 0 Å². The zero-order valence-corrected chi connectivity index (χ0v) is 9.01. The number of anilines is 2. The predicted molar refractivity (Wildman–Crippen MR) is 44.5 cm³/mol. The van der Waals surface area contributed by atoms with E-state index in [2.05, 4.69) is 17.4 Å². The SMILES string of the molecule is CC(C)[I-]Nc1c(N)c(=O)c1=O. The molecule has 0 unspecified atom stereocenters. The third-order valence-corrected chi connectivity index (χ3v) is 3.41. The molecule has 0 spiro atoms. The number of hydrogen-bond donors (Lipinski definition) is 2. The Hall–Kier alpha value is -0.590. The van der Waals surface area contributed by atoms with Gasteiger partial charge in [-0.15, -0.1) is 0 Å². The van der Waals surface area contributed by atoms with Gasteiger partial charge in [0.05, 0.1) is 0 Å². The first-order valence-corrected chi connectivity index (χ1v) is 5.83. The molecule has 0 atom stereocenters. The van der Waals surface area contributed by atoms with Crippen molar-refractivity contribution in [1.82, 2.24) is 0 Å². The van der Waals surface area contributed by atoms with Crippen molar-refractivity contribution in [2.75, 3.05) is 9.26 Å². The normalized spacial score (nSPS) is 11.2. The van der Waals surface area contributed by atoms with Gasteiger partial charge in [-0.25, -0.2) is 0 Å². The van der Waals surface area contributed by atoms with Crippen LogP contribution in [-0.2, 0) is 0 Å². The Morgan fingerprint density at radius 3 is 2.33 bits per heavy atom. The third-order valence-electron chi connectivity index (χ3n) is 1.31. The van der Waals surface area contributed by atoms with Crippen LogP contribution in [0.25, 0.3) is 0 Å². The molecule has 1 aromatic carbocycles. The van der Waals surface area contributed by atoms with Gasteiger partial charge in [0.2, 0.25) is 0 Å². The molecule has 1 aromatic rings. The molecule has 0 aliphatic heterocycles. The summed E-state index contributed by atoms with van der Waals surface area (Å²) in [5.74, 6) is 0. The van der Waals surface area contributed by atoms with E-state index in [1.165, 1.54) is 0 Å². The molecule has 0 aliphatic carbocycles.